The van der Waals surface area contributed by atoms with Crippen molar-refractivity contribution in [1.82, 2.24) is 15.0 Å². The largest absolute Gasteiger partial charge is 0.550 e. The number of nitrogens with one attached hydrogen (secondary N) is 1. The van der Waals surface area contributed by atoms with Crippen LogP contribution < -0.4 is 5.32 Å². The molecule has 1 aliphatic heterocycles. The van der Waals surface area contributed by atoms with Crippen molar-refractivity contribution in [2.45, 2.75) is 39.8 Å². The minimum absolute atomic E-state index is 0.00395. The van der Waals surface area contributed by atoms with Crippen LogP contribution in [-0.4, -0.2) is 52.7 Å². The molecule has 0 aliphatic carbocycles. The van der Waals surface area contributed by atoms with Crippen LogP contribution in [0.2, 0.25) is 0 Å². The van der Waals surface area contributed by atoms with E-state index in [1.165, 1.54) is 5.01 Å². The molecule has 0 saturated heterocycles. The topological polar surface area (TPSA) is 110 Å². The first-order valence-electron chi connectivity index (χ1n) is 10.8. The maximum atomic E-state index is 13.5. The van der Waals surface area contributed by atoms with Gasteiger partial charge in [-0.2, -0.15) is 4.79 Å². The van der Waals surface area contributed by atoms with E-state index >= 15 is 0 Å². The number of hydrogen-bond donors (Lipinski definition) is 1. The Morgan fingerprint density at radius 3 is 2.47 bits per heavy atom. The molecule has 1 atom stereocenters. The number of hydrogen-bond acceptors (Lipinski definition) is 9. The number of rotatable bonds is 6. The van der Waals surface area contributed by atoms with Crippen LogP contribution in [0.4, 0.5) is 10.5 Å². The number of aryl methyl sites for hydroxylation is 1. The summed E-state index contributed by atoms with van der Waals surface area (Å²) in [6.07, 6.45) is 1.55. The van der Waals surface area contributed by atoms with Gasteiger partial charge in [-0.25, -0.2) is 19.6 Å². The van der Waals surface area contributed by atoms with Crippen LogP contribution in [0.3, 0.4) is 0 Å². The second-order valence-electron chi connectivity index (χ2n) is 7.88. The van der Waals surface area contributed by atoms with Crippen molar-refractivity contribution in [2.24, 2.45) is 0 Å². The Balaban J connectivity index is 2.11. The van der Waals surface area contributed by atoms with E-state index in [1.807, 2.05) is 44.2 Å². The highest BCUT2D eigenvalue weighted by Crippen LogP contribution is 2.37. The zero-order valence-corrected chi connectivity index (χ0v) is 19.8. The molecule has 1 unspecified atom stereocenters. The summed E-state index contributed by atoms with van der Waals surface area (Å²) in [6.45, 7) is 7.29. The standard InChI is InChI=1S/C24H28N4O6/c1-6-28-22(29)20(26-18-14-25-13-12-16(18)4)19(23(30)33-34-24(31)32-15(2)3)21(27(28)5)17-10-8-7-9-11-17/h7-15,21,26H,6H2,1-5H3. The van der Waals surface area contributed by atoms with E-state index in [0.717, 1.165) is 11.1 Å². The van der Waals surface area contributed by atoms with Gasteiger partial charge in [0.05, 0.1) is 29.6 Å². The van der Waals surface area contributed by atoms with E-state index in [1.54, 1.807) is 44.4 Å². The minimum Gasteiger partial charge on any atom is -0.429 e. The summed E-state index contributed by atoms with van der Waals surface area (Å²) in [5.41, 5.74) is 2.07. The second kappa shape index (κ2) is 10.8. The number of benzene rings is 1. The zero-order chi connectivity index (χ0) is 24.8. The van der Waals surface area contributed by atoms with Crippen LogP contribution in [0.1, 0.15) is 37.9 Å². The molecule has 10 heteroatoms. The second-order valence-corrected chi connectivity index (χ2v) is 7.88. The number of aromatic nitrogens is 1. The molecule has 2 aromatic rings. The molecule has 0 bridgehead atoms. The van der Waals surface area contributed by atoms with Gasteiger partial charge >= 0.3 is 12.1 Å². The molecule has 1 aliphatic rings. The normalized spacial score (nSPS) is 16.5. The lowest BCUT2D eigenvalue weighted by Gasteiger charge is -2.42. The van der Waals surface area contributed by atoms with Gasteiger partial charge in [0.25, 0.3) is 5.91 Å². The number of carbonyl (C=O) groups is 3. The van der Waals surface area contributed by atoms with Gasteiger partial charge in [-0.15, -0.1) is 0 Å². The average Bonchev–Trinajstić information content (AvgIpc) is 2.80. The van der Waals surface area contributed by atoms with Gasteiger partial charge in [0.2, 0.25) is 0 Å². The molecule has 3 rings (SSSR count). The van der Waals surface area contributed by atoms with Gasteiger partial charge in [-0.3, -0.25) is 14.8 Å². The lowest BCUT2D eigenvalue weighted by Crippen LogP contribution is -2.53. The maximum Gasteiger partial charge on any atom is 0.550 e. The van der Waals surface area contributed by atoms with E-state index in [2.05, 4.69) is 15.2 Å². The van der Waals surface area contributed by atoms with Crippen molar-refractivity contribution in [3.05, 3.63) is 71.2 Å². The highest BCUT2D eigenvalue weighted by molar-refractivity contribution is 6.06. The van der Waals surface area contributed by atoms with Crippen molar-refractivity contribution < 1.29 is 28.9 Å². The molecule has 2 heterocycles. The van der Waals surface area contributed by atoms with Crippen LogP contribution in [0.5, 0.6) is 0 Å². The first-order valence-corrected chi connectivity index (χ1v) is 10.8. The highest BCUT2D eigenvalue weighted by atomic mass is 17.2. The van der Waals surface area contributed by atoms with Crippen molar-refractivity contribution in [2.75, 3.05) is 18.9 Å². The van der Waals surface area contributed by atoms with E-state index in [9.17, 15) is 14.4 Å². The van der Waals surface area contributed by atoms with Crippen LogP contribution >= 0.6 is 0 Å². The van der Waals surface area contributed by atoms with Crippen molar-refractivity contribution in [3.63, 3.8) is 0 Å². The fourth-order valence-corrected chi connectivity index (χ4v) is 3.63. The number of amides is 1. The van der Waals surface area contributed by atoms with Crippen molar-refractivity contribution in [1.29, 1.82) is 0 Å². The SMILES string of the molecule is CCN1C(=O)C(Nc2cnccc2C)=C(C(=O)OOC(=O)OC(C)C)C(c2ccccc2)N1C. The lowest BCUT2D eigenvalue weighted by molar-refractivity contribution is -0.242. The van der Waals surface area contributed by atoms with E-state index in [-0.39, 0.29) is 11.3 Å². The summed E-state index contributed by atoms with van der Waals surface area (Å²) in [4.78, 5) is 52.0. The molecule has 0 fully saturated rings. The Labute approximate surface area is 198 Å². The predicted molar refractivity (Wildman–Crippen MR) is 123 cm³/mol. The van der Waals surface area contributed by atoms with Crippen LogP contribution in [0.25, 0.3) is 0 Å². The first-order chi connectivity index (χ1) is 16.2. The molecule has 34 heavy (non-hydrogen) atoms. The third kappa shape index (κ3) is 5.34. The maximum absolute atomic E-state index is 13.5. The number of nitrogens with zero attached hydrogens (tertiary/aromatic N) is 3. The van der Waals surface area contributed by atoms with Gasteiger partial charge < -0.3 is 10.1 Å². The molecule has 0 radical (unpaired) electrons. The highest BCUT2D eigenvalue weighted by Gasteiger charge is 2.43. The number of anilines is 1. The van der Waals surface area contributed by atoms with E-state index in [4.69, 9.17) is 9.62 Å². The number of likely N-dealkylation sites (N-methyl/N-ethyl adjacent to an activating group) is 2. The Morgan fingerprint density at radius 1 is 1.15 bits per heavy atom. The number of hydrazine groups is 1. The third-order valence-corrected chi connectivity index (χ3v) is 5.20. The van der Waals surface area contributed by atoms with Crippen molar-refractivity contribution in [3.8, 4) is 0 Å². The summed E-state index contributed by atoms with van der Waals surface area (Å²) >= 11 is 0. The molecular formula is C24H28N4O6. The third-order valence-electron chi connectivity index (χ3n) is 5.20. The lowest BCUT2D eigenvalue weighted by atomic mass is 9.94. The van der Waals surface area contributed by atoms with E-state index < -0.39 is 30.2 Å². The summed E-state index contributed by atoms with van der Waals surface area (Å²) < 4.78 is 4.85. The Morgan fingerprint density at radius 2 is 1.85 bits per heavy atom. The molecule has 1 amide bonds. The predicted octanol–water partition coefficient (Wildman–Crippen LogP) is 3.53. The fraction of sp³-hybridized carbons (Fsp3) is 0.333. The van der Waals surface area contributed by atoms with Gasteiger partial charge in [0.1, 0.15) is 5.70 Å². The molecule has 0 saturated carbocycles. The van der Waals surface area contributed by atoms with Gasteiger partial charge in [0, 0.05) is 19.8 Å². The minimum atomic E-state index is -1.16. The molecular weight excluding hydrogens is 440 g/mol. The monoisotopic (exact) mass is 468 g/mol. The summed E-state index contributed by atoms with van der Waals surface area (Å²) in [6, 6.07) is 10.2. The average molecular weight is 469 g/mol. The molecule has 10 nitrogen and oxygen atoms in total. The molecule has 1 aromatic heterocycles. The van der Waals surface area contributed by atoms with Gasteiger partial charge in [-0.1, -0.05) is 30.3 Å². The molecule has 180 valence electrons. The summed E-state index contributed by atoms with van der Waals surface area (Å²) in [5, 5.41) is 6.23. The quantitative estimate of drug-likeness (QED) is 0.387. The summed E-state index contributed by atoms with van der Waals surface area (Å²) in [5.74, 6) is -1.45. The fourth-order valence-electron chi connectivity index (χ4n) is 3.63. The van der Waals surface area contributed by atoms with Crippen LogP contribution in [0, 0.1) is 6.92 Å². The van der Waals surface area contributed by atoms with Crippen LogP contribution in [-0.2, 0) is 24.1 Å². The Bertz CT molecular complexity index is 1090. The molecule has 1 aromatic carbocycles. The van der Waals surface area contributed by atoms with Gasteiger partial charge in [0.15, 0.2) is 0 Å². The number of pyridine rings is 1. The first kappa shape index (κ1) is 24.7. The number of carbonyl (C=O) groups excluding carboxylic acids is 3. The number of ether oxygens (including phenoxy) is 1. The summed E-state index contributed by atoms with van der Waals surface area (Å²) in [7, 11) is 1.70. The Kier molecular flexibility index (Phi) is 7.85. The van der Waals surface area contributed by atoms with E-state index in [0.29, 0.717) is 12.2 Å². The van der Waals surface area contributed by atoms with Gasteiger partial charge in [-0.05, 0) is 44.9 Å². The van der Waals surface area contributed by atoms with Crippen molar-refractivity contribution >= 4 is 23.7 Å². The molecule has 0 spiro atoms. The smallest absolute Gasteiger partial charge is 0.429 e. The Hall–Kier alpha value is -3.92. The molecule has 1 N–H and O–H groups in total. The zero-order valence-electron chi connectivity index (χ0n) is 19.8. The van der Waals surface area contributed by atoms with Crippen LogP contribution in [0.15, 0.2) is 60.1 Å².